The second-order valence-electron chi connectivity index (χ2n) is 5.23. The van der Waals surface area contributed by atoms with Gasteiger partial charge in [0.2, 0.25) is 0 Å². The number of thioether (sulfide) groups is 1. The molecule has 20 heavy (non-hydrogen) atoms. The minimum atomic E-state index is -0.598. The van der Waals surface area contributed by atoms with Crippen LogP contribution in [0.15, 0.2) is 21.6 Å². The van der Waals surface area contributed by atoms with E-state index in [0.29, 0.717) is 12.0 Å². The van der Waals surface area contributed by atoms with E-state index in [-0.39, 0.29) is 10.2 Å². The largest absolute Gasteiger partial charge is 0.333 e. The average Bonchev–Trinajstić information content (AvgIpc) is 2.44. The summed E-state index contributed by atoms with van der Waals surface area (Å²) in [5.41, 5.74) is 0.263. The van der Waals surface area contributed by atoms with E-state index in [9.17, 15) is 8.78 Å². The van der Waals surface area contributed by atoms with Gasteiger partial charge in [-0.1, -0.05) is 24.6 Å². The molecule has 2 atom stereocenters. The molecule has 1 fully saturated rings. The molecule has 0 bridgehead atoms. The summed E-state index contributed by atoms with van der Waals surface area (Å²) >= 11 is 4.70. The zero-order valence-electron chi connectivity index (χ0n) is 10.8. The lowest BCUT2D eigenvalue weighted by atomic mass is 9.86. The van der Waals surface area contributed by atoms with Gasteiger partial charge in [0.15, 0.2) is 5.17 Å². The van der Waals surface area contributed by atoms with E-state index in [1.54, 1.807) is 11.8 Å². The number of rotatable bonds is 1. The van der Waals surface area contributed by atoms with Crippen LogP contribution in [-0.4, -0.2) is 17.0 Å². The molecule has 1 N–H and O–H groups in total. The molecule has 108 valence electrons. The maximum absolute atomic E-state index is 13.7. The minimum absolute atomic E-state index is 0.248. The average molecular weight is 361 g/mol. The number of anilines is 1. The Labute approximate surface area is 129 Å². The van der Waals surface area contributed by atoms with Crippen molar-refractivity contribution in [2.24, 2.45) is 10.9 Å². The maximum Gasteiger partial charge on any atom is 0.161 e. The van der Waals surface area contributed by atoms with E-state index in [1.807, 2.05) is 0 Å². The van der Waals surface area contributed by atoms with Crippen molar-refractivity contribution in [3.63, 3.8) is 0 Å². The van der Waals surface area contributed by atoms with Crippen LogP contribution in [0.5, 0.6) is 0 Å². The summed E-state index contributed by atoms with van der Waals surface area (Å²) in [4.78, 5) is 4.69. The quantitative estimate of drug-likeness (QED) is 0.727. The van der Waals surface area contributed by atoms with E-state index < -0.39 is 11.6 Å². The van der Waals surface area contributed by atoms with Gasteiger partial charge in [-0.15, -0.1) is 0 Å². The van der Waals surface area contributed by atoms with Crippen molar-refractivity contribution < 1.29 is 8.78 Å². The number of aliphatic imine (C=N–C) groups is 1. The normalized spacial score (nSPS) is 25.9. The Morgan fingerprint density at radius 3 is 2.85 bits per heavy atom. The first-order valence-corrected chi connectivity index (χ1v) is 8.53. The summed E-state index contributed by atoms with van der Waals surface area (Å²) in [6.45, 7) is 0. The van der Waals surface area contributed by atoms with Crippen LogP contribution in [0.25, 0.3) is 0 Å². The van der Waals surface area contributed by atoms with Crippen molar-refractivity contribution in [2.45, 2.75) is 31.7 Å². The highest BCUT2D eigenvalue weighted by molar-refractivity contribution is 9.10. The van der Waals surface area contributed by atoms with Crippen LogP contribution in [0.4, 0.5) is 14.5 Å². The number of amidine groups is 1. The highest BCUT2D eigenvalue weighted by Gasteiger charge is 2.29. The number of fused-ring (bicyclic) bond motifs is 1. The summed E-state index contributed by atoms with van der Waals surface area (Å²) in [5, 5.41) is 3.73. The number of hydrogen-bond acceptors (Lipinski definition) is 3. The highest BCUT2D eigenvalue weighted by atomic mass is 79.9. The first kappa shape index (κ1) is 14.3. The predicted octanol–water partition coefficient (Wildman–Crippen LogP) is 4.80. The van der Waals surface area contributed by atoms with Gasteiger partial charge in [0.25, 0.3) is 0 Å². The summed E-state index contributed by atoms with van der Waals surface area (Å²) in [6, 6.07) is 2.66. The Morgan fingerprint density at radius 1 is 1.20 bits per heavy atom. The molecular weight excluding hydrogens is 346 g/mol. The van der Waals surface area contributed by atoms with Gasteiger partial charge >= 0.3 is 0 Å². The van der Waals surface area contributed by atoms with Crippen molar-refractivity contribution in [1.29, 1.82) is 0 Å². The Balaban J connectivity index is 1.78. The van der Waals surface area contributed by atoms with Crippen molar-refractivity contribution in [3.05, 3.63) is 28.2 Å². The number of hydrogen-bond donors (Lipinski definition) is 1. The van der Waals surface area contributed by atoms with Gasteiger partial charge in [0.1, 0.15) is 11.6 Å². The lowest BCUT2D eigenvalue weighted by Crippen LogP contribution is -2.31. The fourth-order valence-electron chi connectivity index (χ4n) is 2.73. The Morgan fingerprint density at radius 2 is 2.00 bits per heavy atom. The molecule has 1 aromatic rings. The fourth-order valence-corrected chi connectivity index (χ4v) is 4.22. The molecule has 1 aromatic carbocycles. The number of halogens is 3. The van der Waals surface area contributed by atoms with Crippen LogP contribution in [0.3, 0.4) is 0 Å². The summed E-state index contributed by atoms with van der Waals surface area (Å²) < 4.78 is 27.2. The predicted molar refractivity (Wildman–Crippen MR) is 83.3 cm³/mol. The third-order valence-corrected chi connectivity index (χ3v) is 5.52. The molecular formula is C14H15BrF2N2S. The third-order valence-electron chi connectivity index (χ3n) is 3.84. The monoisotopic (exact) mass is 360 g/mol. The second kappa shape index (κ2) is 6.02. The van der Waals surface area contributed by atoms with E-state index in [0.717, 1.165) is 23.4 Å². The van der Waals surface area contributed by atoms with Gasteiger partial charge in [-0.2, -0.15) is 0 Å². The van der Waals surface area contributed by atoms with Gasteiger partial charge < -0.3 is 5.32 Å². The smallest absolute Gasteiger partial charge is 0.161 e. The van der Waals surface area contributed by atoms with Crippen LogP contribution < -0.4 is 5.32 Å². The van der Waals surface area contributed by atoms with Gasteiger partial charge in [-0.05, 0) is 40.8 Å². The summed E-state index contributed by atoms with van der Waals surface area (Å²) in [6.07, 6.45) is 4.87. The molecule has 2 unspecified atom stereocenters. The molecule has 0 saturated heterocycles. The van der Waals surface area contributed by atoms with Crippen LogP contribution in [0.1, 0.15) is 25.7 Å². The lowest BCUT2D eigenvalue weighted by Gasteiger charge is -2.32. The van der Waals surface area contributed by atoms with E-state index in [2.05, 4.69) is 26.2 Å². The van der Waals surface area contributed by atoms with Gasteiger partial charge in [-0.25, -0.2) is 8.78 Å². The Hall–Kier alpha value is -0.620. The number of nitrogens with one attached hydrogen (secondary N) is 1. The standard InChI is InChI=1S/C14H15BrF2N2S/c15-9-5-13(11(17)6-10(9)16)19-14-18-12-4-2-1-3-8(12)7-20-14/h5-6,8,12H,1-4,7H2,(H,18,19). The van der Waals surface area contributed by atoms with E-state index >= 15 is 0 Å². The van der Waals surface area contributed by atoms with Crippen LogP contribution in [0.2, 0.25) is 0 Å². The van der Waals surface area contributed by atoms with E-state index in [4.69, 9.17) is 0 Å². The van der Waals surface area contributed by atoms with E-state index in [1.165, 1.54) is 25.3 Å². The van der Waals surface area contributed by atoms with Crippen molar-refractivity contribution in [1.82, 2.24) is 0 Å². The molecule has 6 heteroatoms. The first-order chi connectivity index (χ1) is 9.63. The van der Waals surface area contributed by atoms with Gasteiger partial charge in [0, 0.05) is 11.8 Å². The fraction of sp³-hybridized carbons (Fsp3) is 0.500. The lowest BCUT2D eigenvalue weighted by molar-refractivity contribution is 0.336. The number of nitrogens with zero attached hydrogens (tertiary/aromatic N) is 1. The zero-order chi connectivity index (χ0) is 14.1. The second-order valence-corrected chi connectivity index (χ2v) is 7.09. The SMILES string of the molecule is Fc1cc(F)c(NC2=NC3CCCCC3CS2)cc1Br. The minimum Gasteiger partial charge on any atom is -0.333 e. The first-order valence-electron chi connectivity index (χ1n) is 6.75. The Bertz CT molecular complexity index is 550. The van der Waals surface area contributed by atoms with Crippen LogP contribution in [-0.2, 0) is 0 Å². The molecule has 1 aliphatic carbocycles. The van der Waals surface area contributed by atoms with Gasteiger partial charge in [-0.3, -0.25) is 4.99 Å². The molecule has 1 heterocycles. The maximum atomic E-state index is 13.7. The molecule has 0 aromatic heterocycles. The summed E-state index contributed by atoms with van der Waals surface area (Å²) in [5.74, 6) is 0.489. The summed E-state index contributed by atoms with van der Waals surface area (Å²) in [7, 11) is 0. The number of benzene rings is 1. The molecule has 2 aliphatic rings. The van der Waals surface area contributed by atoms with Gasteiger partial charge in [0.05, 0.1) is 16.2 Å². The molecule has 0 amide bonds. The van der Waals surface area contributed by atoms with Crippen molar-refractivity contribution >= 4 is 38.5 Å². The molecule has 0 spiro atoms. The molecule has 3 rings (SSSR count). The zero-order valence-corrected chi connectivity index (χ0v) is 13.2. The molecule has 1 aliphatic heterocycles. The van der Waals surface area contributed by atoms with Crippen LogP contribution >= 0.6 is 27.7 Å². The molecule has 0 radical (unpaired) electrons. The third kappa shape index (κ3) is 3.01. The van der Waals surface area contributed by atoms with Crippen molar-refractivity contribution in [3.8, 4) is 0 Å². The highest BCUT2D eigenvalue weighted by Crippen LogP contribution is 2.35. The molecule has 2 nitrogen and oxygen atoms in total. The topological polar surface area (TPSA) is 24.4 Å². The Kier molecular flexibility index (Phi) is 4.31. The molecule has 1 saturated carbocycles. The van der Waals surface area contributed by atoms with Crippen LogP contribution in [0, 0.1) is 17.6 Å². The van der Waals surface area contributed by atoms with Crippen molar-refractivity contribution in [2.75, 3.05) is 11.1 Å².